The molecule has 0 spiro atoms. The number of rotatable bonds is 2. The van der Waals surface area contributed by atoms with Crippen LogP contribution in [0.25, 0.3) is 0 Å². The van der Waals surface area contributed by atoms with Crippen molar-refractivity contribution in [1.82, 2.24) is 5.32 Å². The van der Waals surface area contributed by atoms with Crippen LogP contribution in [0.5, 0.6) is 0 Å². The normalized spacial score (nSPS) is 36.0. The van der Waals surface area contributed by atoms with Crippen molar-refractivity contribution in [2.24, 2.45) is 5.92 Å². The molecule has 3 atom stereocenters. The zero-order chi connectivity index (χ0) is 10.1. The first kappa shape index (κ1) is 9.94. The molecule has 2 N–H and O–H groups in total. The van der Waals surface area contributed by atoms with Gasteiger partial charge in [-0.05, 0) is 24.3 Å². The van der Waals surface area contributed by atoms with E-state index in [9.17, 15) is 5.11 Å². The second kappa shape index (κ2) is 3.87. The molecule has 2 nitrogen and oxygen atoms in total. The summed E-state index contributed by atoms with van der Waals surface area (Å²) < 4.78 is 0. The number of allylic oxidation sites excluding steroid dienone is 3. The van der Waals surface area contributed by atoms with Crippen LogP contribution in [-0.4, -0.2) is 23.3 Å². The first-order valence-electron chi connectivity index (χ1n) is 5.49. The van der Waals surface area contributed by atoms with Crippen LogP contribution in [0.1, 0.15) is 26.7 Å². The first-order chi connectivity index (χ1) is 6.68. The Morgan fingerprint density at radius 2 is 2.29 bits per heavy atom. The van der Waals surface area contributed by atoms with Gasteiger partial charge in [0, 0.05) is 6.04 Å². The van der Waals surface area contributed by atoms with Crippen molar-refractivity contribution in [3.8, 4) is 0 Å². The van der Waals surface area contributed by atoms with Gasteiger partial charge in [-0.3, -0.25) is 0 Å². The average Bonchev–Trinajstić information content (AvgIpc) is 2.43. The van der Waals surface area contributed by atoms with Gasteiger partial charge < -0.3 is 10.4 Å². The summed E-state index contributed by atoms with van der Waals surface area (Å²) in [5.74, 6) is 0.575. The average molecular weight is 193 g/mol. The molecule has 0 heterocycles. The molecule has 1 fully saturated rings. The van der Waals surface area contributed by atoms with E-state index in [1.165, 1.54) is 5.57 Å². The van der Waals surface area contributed by atoms with Gasteiger partial charge in [0.1, 0.15) is 0 Å². The molecule has 2 aliphatic rings. The summed E-state index contributed by atoms with van der Waals surface area (Å²) in [5, 5.41) is 13.4. The van der Waals surface area contributed by atoms with E-state index in [0.717, 1.165) is 12.8 Å². The highest BCUT2D eigenvalue weighted by atomic mass is 16.3. The Bertz CT molecular complexity index is 267. The second-order valence-electron chi connectivity index (χ2n) is 4.63. The maximum atomic E-state index is 9.94. The Hall–Kier alpha value is -0.600. The minimum Gasteiger partial charge on any atom is -0.391 e. The number of hydrogen-bond acceptors (Lipinski definition) is 2. The highest BCUT2D eigenvalue weighted by Gasteiger charge is 2.37. The number of fused-ring (bicyclic) bond motifs is 1. The summed E-state index contributed by atoms with van der Waals surface area (Å²) in [4.78, 5) is 0. The third kappa shape index (κ3) is 1.77. The monoisotopic (exact) mass is 193 g/mol. The van der Waals surface area contributed by atoms with Crippen molar-refractivity contribution in [2.45, 2.75) is 44.9 Å². The van der Waals surface area contributed by atoms with Crippen LogP contribution in [0.2, 0.25) is 0 Å². The molecule has 14 heavy (non-hydrogen) atoms. The molecule has 2 aliphatic carbocycles. The molecule has 0 aliphatic heterocycles. The fourth-order valence-electron chi connectivity index (χ4n) is 2.50. The van der Waals surface area contributed by atoms with E-state index in [1.54, 1.807) is 0 Å². The van der Waals surface area contributed by atoms with Crippen molar-refractivity contribution in [3.63, 3.8) is 0 Å². The lowest BCUT2D eigenvalue weighted by Gasteiger charge is -2.22. The van der Waals surface area contributed by atoms with E-state index in [1.807, 2.05) is 0 Å². The van der Waals surface area contributed by atoms with Gasteiger partial charge in [-0.25, -0.2) is 0 Å². The third-order valence-electron chi connectivity index (χ3n) is 3.10. The first-order valence-corrected chi connectivity index (χ1v) is 5.49. The van der Waals surface area contributed by atoms with Gasteiger partial charge in [0.05, 0.1) is 12.1 Å². The van der Waals surface area contributed by atoms with Gasteiger partial charge >= 0.3 is 0 Å². The lowest BCUT2D eigenvalue weighted by molar-refractivity contribution is 0.147. The summed E-state index contributed by atoms with van der Waals surface area (Å²) in [6.45, 7) is 4.25. The van der Waals surface area contributed by atoms with Crippen molar-refractivity contribution in [2.75, 3.05) is 0 Å². The lowest BCUT2D eigenvalue weighted by atomic mass is 9.93. The maximum Gasteiger partial charge on any atom is 0.0737 e. The molecule has 1 saturated carbocycles. The van der Waals surface area contributed by atoms with Gasteiger partial charge in [-0.1, -0.05) is 32.1 Å². The molecule has 2 heteroatoms. The summed E-state index contributed by atoms with van der Waals surface area (Å²) in [5.41, 5.74) is 1.40. The number of aliphatic hydroxyl groups is 1. The number of aliphatic hydroxyl groups excluding tert-OH is 1. The third-order valence-corrected chi connectivity index (χ3v) is 3.10. The fraction of sp³-hybridized carbons (Fsp3) is 0.667. The Balaban J connectivity index is 2.13. The van der Waals surface area contributed by atoms with E-state index in [-0.39, 0.29) is 12.1 Å². The van der Waals surface area contributed by atoms with Crippen LogP contribution in [0.4, 0.5) is 0 Å². The molecule has 2 rings (SSSR count). The van der Waals surface area contributed by atoms with Gasteiger partial charge in [0.25, 0.3) is 0 Å². The van der Waals surface area contributed by atoms with Crippen LogP contribution >= 0.6 is 0 Å². The molecular weight excluding hydrogens is 174 g/mol. The SMILES string of the molecule is CC(C)N[C@H]1C2=CC=CCC2C[C@H]1O. The van der Waals surface area contributed by atoms with E-state index < -0.39 is 0 Å². The van der Waals surface area contributed by atoms with Crippen LogP contribution in [-0.2, 0) is 0 Å². The van der Waals surface area contributed by atoms with Crippen LogP contribution in [0.3, 0.4) is 0 Å². The van der Waals surface area contributed by atoms with Crippen LogP contribution in [0, 0.1) is 5.92 Å². The van der Waals surface area contributed by atoms with E-state index >= 15 is 0 Å². The summed E-state index contributed by atoms with van der Waals surface area (Å²) >= 11 is 0. The maximum absolute atomic E-state index is 9.94. The standard InChI is InChI=1S/C12H19NO/c1-8(2)13-12-10-6-4-3-5-9(10)7-11(12)14/h3-4,6,8-9,11-14H,5,7H2,1-2H3/t9?,11-,12+/m1/s1. The summed E-state index contributed by atoms with van der Waals surface area (Å²) in [7, 11) is 0. The fourth-order valence-corrected chi connectivity index (χ4v) is 2.50. The Kier molecular flexibility index (Phi) is 2.75. The van der Waals surface area contributed by atoms with Gasteiger partial charge in [0.2, 0.25) is 0 Å². The van der Waals surface area contributed by atoms with Crippen LogP contribution < -0.4 is 5.32 Å². The molecule has 78 valence electrons. The Morgan fingerprint density at radius 3 is 3.00 bits per heavy atom. The predicted molar refractivity (Wildman–Crippen MR) is 58.0 cm³/mol. The number of hydrogen-bond donors (Lipinski definition) is 2. The van der Waals surface area contributed by atoms with E-state index in [4.69, 9.17) is 0 Å². The highest BCUT2D eigenvalue weighted by Crippen LogP contribution is 2.36. The molecule has 0 aromatic heterocycles. The van der Waals surface area contributed by atoms with Gasteiger partial charge in [0.15, 0.2) is 0 Å². The van der Waals surface area contributed by atoms with Crippen molar-refractivity contribution < 1.29 is 5.11 Å². The lowest BCUT2D eigenvalue weighted by Crippen LogP contribution is -2.41. The molecule has 0 aromatic rings. The smallest absolute Gasteiger partial charge is 0.0737 e. The molecule has 0 radical (unpaired) electrons. The predicted octanol–water partition coefficient (Wildman–Crippen LogP) is 1.62. The van der Waals surface area contributed by atoms with Crippen LogP contribution in [0.15, 0.2) is 23.8 Å². The molecular formula is C12H19NO. The minimum absolute atomic E-state index is 0.185. The topological polar surface area (TPSA) is 32.3 Å². The van der Waals surface area contributed by atoms with E-state index in [2.05, 4.69) is 37.4 Å². The largest absolute Gasteiger partial charge is 0.391 e. The van der Waals surface area contributed by atoms with Crippen molar-refractivity contribution in [3.05, 3.63) is 23.8 Å². The molecule has 0 bridgehead atoms. The molecule has 0 amide bonds. The van der Waals surface area contributed by atoms with Gasteiger partial charge in [-0.15, -0.1) is 0 Å². The van der Waals surface area contributed by atoms with E-state index in [0.29, 0.717) is 12.0 Å². The molecule has 0 aromatic carbocycles. The molecule has 1 unspecified atom stereocenters. The second-order valence-corrected chi connectivity index (χ2v) is 4.63. The quantitative estimate of drug-likeness (QED) is 0.698. The van der Waals surface area contributed by atoms with Gasteiger partial charge in [-0.2, -0.15) is 0 Å². The number of nitrogens with one attached hydrogen (secondary N) is 1. The van der Waals surface area contributed by atoms with Crippen molar-refractivity contribution in [1.29, 1.82) is 0 Å². The highest BCUT2D eigenvalue weighted by molar-refractivity contribution is 5.30. The Labute approximate surface area is 85.7 Å². The summed E-state index contributed by atoms with van der Waals surface area (Å²) in [6.07, 6.45) is 8.29. The van der Waals surface area contributed by atoms with Crippen molar-refractivity contribution >= 4 is 0 Å². The molecule has 0 saturated heterocycles. The minimum atomic E-state index is -0.200. The summed E-state index contributed by atoms with van der Waals surface area (Å²) in [6, 6.07) is 0.616. The zero-order valence-corrected chi connectivity index (χ0v) is 8.90. The Morgan fingerprint density at radius 1 is 1.50 bits per heavy atom. The zero-order valence-electron chi connectivity index (χ0n) is 8.90.